The van der Waals surface area contributed by atoms with Gasteiger partial charge in [0.2, 0.25) is 0 Å². The molecule has 0 aromatic carbocycles. The fraction of sp³-hybridized carbons (Fsp3) is 0.182. The minimum atomic E-state index is -0.254. The van der Waals surface area contributed by atoms with Crippen molar-refractivity contribution in [2.45, 2.75) is 6.42 Å². The number of aromatic nitrogens is 2. The highest BCUT2D eigenvalue weighted by Crippen LogP contribution is 2.06. The molecule has 0 bridgehead atoms. The summed E-state index contributed by atoms with van der Waals surface area (Å²) >= 11 is 7.30. The molecule has 0 aliphatic rings. The predicted molar refractivity (Wildman–Crippen MR) is 67.4 cm³/mol. The van der Waals surface area contributed by atoms with Gasteiger partial charge in [0.15, 0.2) is 0 Å². The Morgan fingerprint density at radius 2 is 2.35 bits per heavy atom. The third-order valence-electron chi connectivity index (χ3n) is 2.12. The zero-order valence-electron chi connectivity index (χ0n) is 8.89. The summed E-state index contributed by atoms with van der Waals surface area (Å²) in [6.07, 6.45) is 3.60. The van der Waals surface area contributed by atoms with Crippen LogP contribution in [-0.4, -0.2) is 22.4 Å². The molecule has 0 aliphatic heterocycles. The van der Waals surface area contributed by atoms with Crippen LogP contribution in [0, 0.1) is 0 Å². The lowest BCUT2D eigenvalue weighted by Gasteiger charge is -2.03. The number of carbonyl (C=O) groups is 1. The van der Waals surface area contributed by atoms with E-state index in [-0.39, 0.29) is 16.8 Å². The molecule has 2 aromatic rings. The SMILES string of the molecule is O=C(NCCc1ccsc1)c1cncc(Cl)n1. The number of carbonyl (C=O) groups excluding carboxylic acids is 1. The van der Waals surface area contributed by atoms with Crippen LogP contribution in [0.3, 0.4) is 0 Å². The van der Waals surface area contributed by atoms with Gasteiger partial charge in [-0.25, -0.2) is 4.98 Å². The van der Waals surface area contributed by atoms with Crippen LogP contribution in [0.15, 0.2) is 29.2 Å². The summed E-state index contributed by atoms with van der Waals surface area (Å²) in [5, 5.41) is 7.06. The first kappa shape index (κ1) is 12.0. The molecule has 0 aliphatic carbocycles. The van der Waals surface area contributed by atoms with Gasteiger partial charge in [-0.1, -0.05) is 11.6 Å². The molecule has 0 atom stereocenters. The van der Waals surface area contributed by atoms with Crippen LogP contribution in [0.5, 0.6) is 0 Å². The van der Waals surface area contributed by atoms with E-state index in [9.17, 15) is 4.79 Å². The van der Waals surface area contributed by atoms with Gasteiger partial charge >= 0.3 is 0 Å². The fourth-order valence-corrected chi connectivity index (χ4v) is 2.15. The maximum atomic E-state index is 11.7. The molecule has 0 fully saturated rings. The van der Waals surface area contributed by atoms with Gasteiger partial charge in [-0.3, -0.25) is 9.78 Å². The van der Waals surface area contributed by atoms with Gasteiger partial charge in [0.05, 0.1) is 12.4 Å². The first-order chi connectivity index (χ1) is 8.25. The second kappa shape index (κ2) is 5.75. The normalized spacial score (nSPS) is 10.2. The summed E-state index contributed by atoms with van der Waals surface area (Å²) in [6, 6.07) is 2.04. The largest absolute Gasteiger partial charge is 0.350 e. The molecular formula is C11H10ClN3OS. The van der Waals surface area contributed by atoms with E-state index in [0.717, 1.165) is 6.42 Å². The lowest BCUT2D eigenvalue weighted by molar-refractivity contribution is 0.0949. The van der Waals surface area contributed by atoms with Crippen LogP contribution in [0.2, 0.25) is 5.15 Å². The summed E-state index contributed by atoms with van der Waals surface area (Å²) in [5.41, 5.74) is 1.45. The third kappa shape index (κ3) is 3.51. The number of hydrogen-bond acceptors (Lipinski definition) is 4. The van der Waals surface area contributed by atoms with E-state index in [2.05, 4.69) is 20.7 Å². The zero-order chi connectivity index (χ0) is 12.1. The van der Waals surface area contributed by atoms with E-state index in [1.165, 1.54) is 18.0 Å². The third-order valence-corrected chi connectivity index (χ3v) is 3.03. The molecule has 1 amide bonds. The van der Waals surface area contributed by atoms with E-state index in [0.29, 0.717) is 6.54 Å². The maximum Gasteiger partial charge on any atom is 0.271 e. The lowest BCUT2D eigenvalue weighted by atomic mass is 10.2. The van der Waals surface area contributed by atoms with Crippen molar-refractivity contribution in [1.29, 1.82) is 0 Å². The van der Waals surface area contributed by atoms with Crippen LogP contribution in [-0.2, 0) is 6.42 Å². The summed E-state index contributed by atoms with van der Waals surface area (Å²) in [5.74, 6) is -0.254. The summed E-state index contributed by atoms with van der Waals surface area (Å²) in [6.45, 7) is 0.573. The molecule has 1 N–H and O–H groups in total. The standard InChI is InChI=1S/C11H10ClN3OS/c12-10-6-13-5-9(15-10)11(16)14-3-1-8-2-4-17-7-8/h2,4-7H,1,3H2,(H,14,16). The van der Waals surface area contributed by atoms with Crippen molar-refractivity contribution in [2.24, 2.45) is 0 Å². The molecule has 0 radical (unpaired) electrons. The second-order valence-corrected chi connectivity index (χ2v) is 4.53. The van der Waals surface area contributed by atoms with Crippen LogP contribution in [0.1, 0.15) is 16.1 Å². The molecule has 6 heteroatoms. The molecule has 2 aromatic heterocycles. The Morgan fingerprint density at radius 3 is 3.06 bits per heavy atom. The van der Waals surface area contributed by atoms with E-state index in [4.69, 9.17) is 11.6 Å². The Hall–Kier alpha value is -1.46. The second-order valence-electron chi connectivity index (χ2n) is 3.36. The molecular weight excluding hydrogens is 258 g/mol. The summed E-state index contributed by atoms with van der Waals surface area (Å²) < 4.78 is 0. The van der Waals surface area contributed by atoms with Crippen LogP contribution in [0.25, 0.3) is 0 Å². The van der Waals surface area contributed by atoms with E-state index in [1.54, 1.807) is 11.3 Å². The van der Waals surface area contributed by atoms with Crippen molar-refractivity contribution < 1.29 is 4.79 Å². The highest BCUT2D eigenvalue weighted by atomic mass is 35.5. The van der Waals surface area contributed by atoms with E-state index >= 15 is 0 Å². The number of nitrogens with one attached hydrogen (secondary N) is 1. The molecule has 0 saturated carbocycles. The molecule has 17 heavy (non-hydrogen) atoms. The van der Waals surface area contributed by atoms with Gasteiger partial charge in [-0.15, -0.1) is 0 Å². The molecule has 0 saturated heterocycles. The number of halogens is 1. The summed E-state index contributed by atoms with van der Waals surface area (Å²) in [7, 11) is 0. The number of hydrogen-bond donors (Lipinski definition) is 1. The first-order valence-corrected chi connectivity index (χ1v) is 6.34. The van der Waals surface area contributed by atoms with Crippen LogP contribution >= 0.6 is 22.9 Å². The smallest absolute Gasteiger partial charge is 0.271 e. The molecule has 88 valence electrons. The van der Waals surface area contributed by atoms with Crippen molar-refractivity contribution in [3.8, 4) is 0 Å². The maximum absolute atomic E-state index is 11.7. The Bertz CT molecular complexity index is 501. The average Bonchev–Trinajstić information content (AvgIpc) is 2.82. The topological polar surface area (TPSA) is 54.9 Å². The van der Waals surface area contributed by atoms with Gasteiger partial charge in [0.25, 0.3) is 5.91 Å². The Morgan fingerprint density at radius 1 is 1.47 bits per heavy atom. The lowest BCUT2D eigenvalue weighted by Crippen LogP contribution is -2.26. The van der Waals surface area contributed by atoms with Gasteiger partial charge in [-0.05, 0) is 28.8 Å². The van der Waals surface area contributed by atoms with E-state index in [1.807, 2.05) is 11.4 Å². The van der Waals surface area contributed by atoms with Crippen molar-refractivity contribution in [1.82, 2.24) is 15.3 Å². The average molecular weight is 268 g/mol. The fourth-order valence-electron chi connectivity index (χ4n) is 1.30. The van der Waals surface area contributed by atoms with Crippen molar-refractivity contribution in [2.75, 3.05) is 6.54 Å². The van der Waals surface area contributed by atoms with Crippen molar-refractivity contribution in [3.63, 3.8) is 0 Å². The number of amides is 1. The Kier molecular flexibility index (Phi) is 4.06. The number of nitrogens with zero attached hydrogens (tertiary/aromatic N) is 2. The van der Waals surface area contributed by atoms with Gasteiger partial charge in [-0.2, -0.15) is 11.3 Å². The Labute approximate surface area is 108 Å². The highest BCUT2D eigenvalue weighted by Gasteiger charge is 2.07. The molecule has 2 rings (SSSR count). The van der Waals surface area contributed by atoms with Crippen LogP contribution in [0.4, 0.5) is 0 Å². The molecule has 4 nitrogen and oxygen atoms in total. The van der Waals surface area contributed by atoms with Gasteiger partial charge in [0.1, 0.15) is 10.8 Å². The van der Waals surface area contributed by atoms with Gasteiger partial charge < -0.3 is 5.32 Å². The number of thiophene rings is 1. The van der Waals surface area contributed by atoms with E-state index < -0.39 is 0 Å². The minimum Gasteiger partial charge on any atom is -0.350 e. The quantitative estimate of drug-likeness (QED) is 0.924. The zero-order valence-corrected chi connectivity index (χ0v) is 10.5. The number of rotatable bonds is 4. The van der Waals surface area contributed by atoms with Crippen LogP contribution < -0.4 is 5.32 Å². The molecule has 2 heterocycles. The monoisotopic (exact) mass is 267 g/mol. The highest BCUT2D eigenvalue weighted by molar-refractivity contribution is 7.07. The minimum absolute atomic E-state index is 0.218. The van der Waals surface area contributed by atoms with Crippen molar-refractivity contribution in [3.05, 3.63) is 45.6 Å². The first-order valence-electron chi connectivity index (χ1n) is 5.02. The van der Waals surface area contributed by atoms with Gasteiger partial charge in [0, 0.05) is 6.54 Å². The van der Waals surface area contributed by atoms with Crippen molar-refractivity contribution >= 4 is 28.8 Å². The molecule has 0 spiro atoms. The summed E-state index contributed by atoms with van der Waals surface area (Å²) in [4.78, 5) is 19.3. The Balaban J connectivity index is 1.85. The predicted octanol–water partition coefficient (Wildman–Crippen LogP) is 2.16. The molecule has 0 unspecified atom stereocenters.